The summed E-state index contributed by atoms with van der Waals surface area (Å²) in [6.07, 6.45) is 0. The first-order valence-electron chi connectivity index (χ1n) is 7.05. The molecule has 0 unspecified atom stereocenters. The molecule has 0 atom stereocenters. The second kappa shape index (κ2) is 7.35. The zero-order valence-electron chi connectivity index (χ0n) is 12.4. The van der Waals surface area contributed by atoms with Crippen molar-refractivity contribution < 1.29 is 9.47 Å². The number of ether oxygens (including phenoxy) is 2. The van der Waals surface area contributed by atoms with Crippen LogP contribution in [0.3, 0.4) is 0 Å². The first-order valence-corrected chi connectivity index (χ1v) is 7.05. The maximum absolute atomic E-state index is 8.97. The van der Waals surface area contributed by atoms with Crippen LogP contribution in [-0.2, 0) is 0 Å². The number of hydrogen-bond donors (Lipinski definition) is 0. The normalized spacial score (nSPS) is 10.2. The third-order valence-electron chi connectivity index (χ3n) is 3.14. The molecule has 0 bridgehead atoms. The van der Waals surface area contributed by atoms with Crippen molar-refractivity contribution in [3.8, 4) is 17.6 Å². The van der Waals surface area contributed by atoms with Gasteiger partial charge in [-0.05, 0) is 35.7 Å². The van der Waals surface area contributed by atoms with Gasteiger partial charge in [-0.25, -0.2) is 0 Å². The molecule has 0 saturated carbocycles. The fraction of sp³-hybridized carbons (Fsp3) is 0.278. The van der Waals surface area contributed by atoms with Crippen LogP contribution in [0.5, 0.6) is 11.5 Å². The molecular weight excluding hydrogens is 262 g/mol. The maximum Gasteiger partial charge on any atom is 0.137 e. The van der Waals surface area contributed by atoms with Crippen LogP contribution in [-0.4, -0.2) is 13.2 Å². The van der Waals surface area contributed by atoms with E-state index in [1.165, 1.54) is 5.56 Å². The molecule has 0 amide bonds. The van der Waals surface area contributed by atoms with Gasteiger partial charge >= 0.3 is 0 Å². The highest BCUT2D eigenvalue weighted by atomic mass is 16.5. The van der Waals surface area contributed by atoms with E-state index in [1.807, 2.05) is 30.3 Å². The molecule has 0 aliphatic rings. The van der Waals surface area contributed by atoms with Crippen molar-refractivity contribution in [2.45, 2.75) is 19.8 Å². The molecule has 3 heteroatoms. The third kappa shape index (κ3) is 4.25. The Hall–Kier alpha value is -2.47. The molecule has 0 fully saturated rings. The molecule has 0 radical (unpaired) electrons. The second-order valence-corrected chi connectivity index (χ2v) is 5.03. The summed E-state index contributed by atoms with van der Waals surface area (Å²) in [4.78, 5) is 0. The highest BCUT2D eigenvalue weighted by Crippen LogP contribution is 2.20. The summed E-state index contributed by atoms with van der Waals surface area (Å²) >= 11 is 0. The number of hydrogen-bond acceptors (Lipinski definition) is 3. The molecule has 0 aliphatic heterocycles. The first kappa shape index (κ1) is 14.9. The van der Waals surface area contributed by atoms with E-state index in [9.17, 15) is 0 Å². The van der Waals surface area contributed by atoms with Crippen molar-refractivity contribution in [2.75, 3.05) is 13.2 Å². The monoisotopic (exact) mass is 281 g/mol. The first-order chi connectivity index (χ1) is 10.2. The van der Waals surface area contributed by atoms with Gasteiger partial charge in [-0.15, -0.1) is 0 Å². The Labute approximate surface area is 125 Å². The molecule has 108 valence electrons. The summed E-state index contributed by atoms with van der Waals surface area (Å²) in [6, 6.07) is 17.4. The average Bonchev–Trinajstić information content (AvgIpc) is 2.52. The van der Waals surface area contributed by atoms with Crippen molar-refractivity contribution in [3.05, 3.63) is 59.7 Å². The van der Waals surface area contributed by atoms with Gasteiger partial charge in [0.1, 0.15) is 30.8 Å². The van der Waals surface area contributed by atoms with E-state index in [1.54, 1.807) is 12.1 Å². The quantitative estimate of drug-likeness (QED) is 0.747. The zero-order valence-corrected chi connectivity index (χ0v) is 12.4. The summed E-state index contributed by atoms with van der Waals surface area (Å²) in [5, 5.41) is 8.97. The van der Waals surface area contributed by atoms with E-state index in [0.717, 1.165) is 5.75 Å². The van der Waals surface area contributed by atoms with Crippen molar-refractivity contribution >= 4 is 0 Å². The Kier molecular flexibility index (Phi) is 5.22. The van der Waals surface area contributed by atoms with E-state index in [-0.39, 0.29) is 0 Å². The van der Waals surface area contributed by atoms with Gasteiger partial charge in [-0.2, -0.15) is 5.26 Å². The maximum atomic E-state index is 8.97. The van der Waals surface area contributed by atoms with E-state index in [2.05, 4.69) is 26.0 Å². The van der Waals surface area contributed by atoms with Crippen LogP contribution in [0.4, 0.5) is 0 Å². The largest absolute Gasteiger partial charge is 0.490 e. The molecule has 2 aromatic carbocycles. The van der Waals surface area contributed by atoms with E-state index in [0.29, 0.717) is 30.4 Å². The van der Waals surface area contributed by atoms with Gasteiger partial charge in [0.2, 0.25) is 0 Å². The Balaban J connectivity index is 1.85. The van der Waals surface area contributed by atoms with Crippen molar-refractivity contribution in [1.82, 2.24) is 0 Å². The highest BCUT2D eigenvalue weighted by molar-refractivity contribution is 5.42. The number of nitrogens with zero attached hydrogens (tertiary/aromatic N) is 1. The molecule has 3 nitrogen and oxygen atoms in total. The van der Waals surface area contributed by atoms with E-state index in [4.69, 9.17) is 14.7 Å². The molecule has 0 aromatic heterocycles. The van der Waals surface area contributed by atoms with Crippen molar-refractivity contribution in [2.24, 2.45) is 0 Å². The Morgan fingerprint density at radius 1 is 1.00 bits per heavy atom. The summed E-state index contributed by atoms with van der Waals surface area (Å²) < 4.78 is 11.3. The van der Waals surface area contributed by atoms with Crippen LogP contribution < -0.4 is 9.47 Å². The zero-order chi connectivity index (χ0) is 15.1. The predicted octanol–water partition coefficient (Wildman–Crippen LogP) is 4.14. The predicted molar refractivity (Wildman–Crippen MR) is 82.7 cm³/mol. The molecule has 21 heavy (non-hydrogen) atoms. The number of rotatable bonds is 6. The van der Waals surface area contributed by atoms with Gasteiger partial charge in [0.15, 0.2) is 0 Å². The van der Waals surface area contributed by atoms with Crippen molar-refractivity contribution in [1.29, 1.82) is 5.26 Å². The van der Waals surface area contributed by atoms with Crippen LogP contribution >= 0.6 is 0 Å². The van der Waals surface area contributed by atoms with Gasteiger partial charge in [0.25, 0.3) is 0 Å². The Bertz CT molecular complexity index is 629. The molecule has 0 spiro atoms. The van der Waals surface area contributed by atoms with Crippen LogP contribution in [0.1, 0.15) is 30.9 Å². The molecule has 0 aliphatic carbocycles. The molecular formula is C18H19NO2. The topological polar surface area (TPSA) is 42.2 Å². The Morgan fingerprint density at radius 2 is 1.76 bits per heavy atom. The van der Waals surface area contributed by atoms with E-state index >= 15 is 0 Å². The fourth-order valence-corrected chi connectivity index (χ4v) is 1.96. The Morgan fingerprint density at radius 3 is 2.52 bits per heavy atom. The average molecular weight is 281 g/mol. The number of nitriles is 1. The summed E-state index contributed by atoms with van der Waals surface area (Å²) in [5.74, 6) is 1.92. The molecule has 2 rings (SSSR count). The minimum atomic E-state index is 0.407. The van der Waals surface area contributed by atoms with Crippen LogP contribution in [0.2, 0.25) is 0 Å². The van der Waals surface area contributed by atoms with Crippen molar-refractivity contribution in [3.63, 3.8) is 0 Å². The lowest BCUT2D eigenvalue weighted by Gasteiger charge is -2.11. The second-order valence-electron chi connectivity index (χ2n) is 5.03. The van der Waals surface area contributed by atoms with Gasteiger partial charge in [0.05, 0.1) is 5.56 Å². The lowest BCUT2D eigenvalue weighted by molar-refractivity contribution is 0.216. The summed E-state index contributed by atoms with van der Waals surface area (Å²) in [7, 11) is 0. The van der Waals surface area contributed by atoms with Gasteiger partial charge in [0, 0.05) is 0 Å². The molecule has 0 heterocycles. The van der Waals surface area contributed by atoms with Crippen LogP contribution in [0.15, 0.2) is 48.5 Å². The minimum Gasteiger partial charge on any atom is -0.490 e. The SMILES string of the molecule is CC(C)c1cccc(OCCOc2ccccc2C#N)c1. The minimum absolute atomic E-state index is 0.407. The summed E-state index contributed by atoms with van der Waals surface area (Å²) in [6.45, 7) is 5.16. The highest BCUT2D eigenvalue weighted by Gasteiger charge is 2.03. The third-order valence-corrected chi connectivity index (χ3v) is 3.14. The van der Waals surface area contributed by atoms with Gasteiger partial charge < -0.3 is 9.47 Å². The summed E-state index contributed by atoms with van der Waals surface area (Å²) in [5.41, 5.74) is 1.79. The number of para-hydroxylation sites is 1. The van der Waals surface area contributed by atoms with E-state index < -0.39 is 0 Å². The number of benzene rings is 2. The lowest BCUT2D eigenvalue weighted by atomic mass is 10.0. The van der Waals surface area contributed by atoms with Gasteiger partial charge in [-0.3, -0.25) is 0 Å². The smallest absolute Gasteiger partial charge is 0.137 e. The lowest BCUT2D eigenvalue weighted by Crippen LogP contribution is -2.09. The van der Waals surface area contributed by atoms with Crippen LogP contribution in [0.25, 0.3) is 0 Å². The molecule has 2 aromatic rings. The standard InChI is InChI=1S/C18H19NO2/c1-14(2)15-7-5-8-17(12-15)20-10-11-21-18-9-4-3-6-16(18)13-19/h3-9,12,14H,10-11H2,1-2H3. The van der Waals surface area contributed by atoms with Gasteiger partial charge in [-0.1, -0.05) is 38.1 Å². The molecule has 0 N–H and O–H groups in total. The van der Waals surface area contributed by atoms with Crippen LogP contribution in [0, 0.1) is 11.3 Å². The fourth-order valence-electron chi connectivity index (χ4n) is 1.96. The molecule has 0 saturated heterocycles.